The smallest absolute Gasteiger partial charge is 0.320 e. The maximum atomic E-state index is 13.0. The number of anilines is 1. The predicted octanol–water partition coefficient (Wildman–Crippen LogP) is 6.71. The highest BCUT2D eigenvalue weighted by Gasteiger charge is 2.26. The van der Waals surface area contributed by atoms with Gasteiger partial charge in [0.1, 0.15) is 0 Å². The number of nitrogens with zero attached hydrogens (tertiary/aromatic N) is 3. The summed E-state index contributed by atoms with van der Waals surface area (Å²) in [7, 11) is 0. The Bertz CT molecular complexity index is 1290. The average molecular weight is 475 g/mol. The minimum atomic E-state index is -0.163. The maximum Gasteiger partial charge on any atom is 0.322 e. The standard InChI is InChI=1S/C26H20Cl2N4O/c27-19-8-6-18(7-9-19)25-30-23-14-15-32(26(33)29-21-12-10-20(28)11-13-21)16-22(23)24(31-25)17-4-2-1-3-5-17/h1-13H,14-16H2,(H,29,33). The quantitative estimate of drug-likeness (QED) is 0.358. The van der Waals surface area contributed by atoms with Gasteiger partial charge in [0.25, 0.3) is 0 Å². The molecule has 2 heterocycles. The van der Waals surface area contributed by atoms with Crippen molar-refractivity contribution in [1.82, 2.24) is 14.9 Å². The molecule has 1 aliphatic heterocycles. The zero-order chi connectivity index (χ0) is 22.8. The first kappa shape index (κ1) is 21.4. The lowest BCUT2D eigenvalue weighted by Crippen LogP contribution is -2.39. The summed E-state index contributed by atoms with van der Waals surface area (Å²) >= 11 is 12.0. The molecule has 7 heteroatoms. The van der Waals surface area contributed by atoms with Gasteiger partial charge in [0.05, 0.1) is 17.9 Å². The molecule has 0 unspecified atom stereocenters. The van der Waals surface area contributed by atoms with Crippen molar-refractivity contribution in [1.29, 1.82) is 0 Å². The van der Waals surface area contributed by atoms with Gasteiger partial charge in [-0.15, -0.1) is 0 Å². The highest BCUT2D eigenvalue weighted by atomic mass is 35.5. The number of hydrogen-bond acceptors (Lipinski definition) is 3. The van der Waals surface area contributed by atoms with Crippen LogP contribution in [0.25, 0.3) is 22.6 Å². The highest BCUT2D eigenvalue weighted by molar-refractivity contribution is 6.30. The van der Waals surface area contributed by atoms with Crippen molar-refractivity contribution in [3.63, 3.8) is 0 Å². The molecule has 3 aromatic carbocycles. The lowest BCUT2D eigenvalue weighted by molar-refractivity contribution is 0.206. The second-order valence-electron chi connectivity index (χ2n) is 7.80. The van der Waals surface area contributed by atoms with Crippen LogP contribution in [0.3, 0.4) is 0 Å². The van der Waals surface area contributed by atoms with Crippen LogP contribution in [0.5, 0.6) is 0 Å². The highest BCUT2D eigenvalue weighted by Crippen LogP contribution is 2.31. The molecule has 5 nitrogen and oxygen atoms in total. The predicted molar refractivity (Wildman–Crippen MR) is 132 cm³/mol. The van der Waals surface area contributed by atoms with Crippen LogP contribution in [-0.4, -0.2) is 27.4 Å². The molecule has 0 atom stereocenters. The molecule has 164 valence electrons. The molecule has 0 saturated carbocycles. The van der Waals surface area contributed by atoms with E-state index in [4.69, 9.17) is 33.2 Å². The number of halogens is 2. The Morgan fingerprint density at radius 1 is 0.818 bits per heavy atom. The fourth-order valence-corrected chi connectivity index (χ4v) is 4.14. The van der Waals surface area contributed by atoms with Crippen LogP contribution in [0.4, 0.5) is 10.5 Å². The second-order valence-corrected chi connectivity index (χ2v) is 8.68. The number of benzene rings is 3. The summed E-state index contributed by atoms with van der Waals surface area (Å²) in [4.78, 5) is 24.5. The number of aromatic nitrogens is 2. The third kappa shape index (κ3) is 4.70. The number of carbonyl (C=O) groups is 1. The molecule has 33 heavy (non-hydrogen) atoms. The number of hydrogen-bond donors (Lipinski definition) is 1. The van der Waals surface area contributed by atoms with E-state index in [1.54, 1.807) is 29.2 Å². The number of carbonyl (C=O) groups excluding carboxylic acids is 1. The van der Waals surface area contributed by atoms with E-state index in [0.717, 1.165) is 28.1 Å². The molecule has 1 aromatic heterocycles. The fourth-order valence-electron chi connectivity index (χ4n) is 3.89. The van der Waals surface area contributed by atoms with Gasteiger partial charge in [-0.25, -0.2) is 14.8 Å². The molecule has 0 radical (unpaired) electrons. The van der Waals surface area contributed by atoms with E-state index in [-0.39, 0.29) is 6.03 Å². The van der Waals surface area contributed by atoms with Gasteiger partial charge in [0.15, 0.2) is 5.82 Å². The molecule has 0 spiro atoms. The van der Waals surface area contributed by atoms with E-state index < -0.39 is 0 Å². The summed E-state index contributed by atoms with van der Waals surface area (Å²) in [6.45, 7) is 0.998. The van der Waals surface area contributed by atoms with Crippen molar-refractivity contribution in [2.24, 2.45) is 0 Å². The Balaban J connectivity index is 1.49. The van der Waals surface area contributed by atoms with Gasteiger partial charge in [-0.2, -0.15) is 0 Å². The summed E-state index contributed by atoms with van der Waals surface area (Å²) in [6.07, 6.45) is 0.645. The van der Waals surface area contributed by atoms with Crippen molar-refractivity contribution in [3.8, 4) is 22.6 Å². The molecule has 0 bridgehead atoms. The number of urea groups is 1. The van der Waals surface area contributed by atoms with Crippen molar-refractivity contribution in [2.45, 2.75) is 13.0 Å². The number of fused-ring (bicyclic) bond motifs is 1. The minimum absolute atomic E-state index is 0.163. The van der Waals surface area contributed by atoms with E-state index in [2.05, 4.69) is 5.32 Å². The van der Waals surface area contributed by atoms with Crippen molar-refractivity contribution >= 4 is 34.9 Å². The van der Waals surface area contributed by atoms with E-state index in [0.29, 0.717) is 41.1 Å². The molecule has 2 amide bonds. The van der Waals surface area contributed by atoms with Gasteiger partial charge < -0.3 is 10.2 Å². The van der Waals surface area contributed by atoms with Gasteiger partial charge in [0, 0.05) is 45.4 Å². The summed E-state index contributed by atoms with van der Waals surface area (Å²) in [5.74, 6) is 0.656. The van der Waals surface area contributed by atoms with Crippen LogP contribution in [0.1, 0.15) is 11.3 Å². The summed E-state index contributed by atoms with van der Waals surface area (Å²) < 4.78 is 0. The minimum Gasteiger partial charge on any atom is -0.320 e. The average Bonchev–Trinajstić information content (AvgIpc) is 2.85. The lowest BCUT2D eigenvalue weighted by atomic mass is 9.98. The molecular weight excluding hydrogens is 455 g/mol. The van der Waals surface area contributed by atoms with Crippen LogP contribution in [0, 0.1) is 0 Å². The summed E-state index contributed by atoms with van der Waals surface area (Å²) in [5, 5.41) is 4.24. The number of nitrogens with one attached hydrogen (secondary N) is 1. The molecular formula is C26H20Cl2N4O. The van der Waals surface area contributed by atoms with Gasteiger partial charge in [-0.3, -0.25) is 0 Å². The molecule has 0 fully saturated rings. The lowest BCUT2D eigenvalue weighted by Gasteiger charge is -2.30. The van der Waals surface area contributed by atoms with Gasteiger partial charge in [-0.05, 0) is 48.5 Å². The maximum absolute atomic E-state index is 13.0. The molecule has 0 aliphatic carbocycles. The fraction of sp³-hybridized carbons (Fsp3) is 0.115. The molecule has 0 saturated heterocycles. The van der Waals surface area contributed by atoms with Crippen LogP contribution in [0.15, 0.2) is 78.9 Å². The Morgan fingerprint density at radius 2 is 1.48 bits per heavy atom. The van der Waals surface area contributed by atoms with Gasteiger partial charge in [-0.1, -0.05) is 53.5 Å². The zero-order valence-corrected chi connectivity index (χ0v) is 19.1. The topological polar surface area (TPSA) is 58.1 Å². The van der Waals surface area contributed by atoms with E-state index in [1.807, 2.05) is 54.6 Å². The largest absolute Gasteiger partial charge is 0.322 e. The summed E-state index contributed by atoms with van der Waals surface area (Å²) in [5.41, 5.74) is 5.37. The van der Waals surface area contributed by atoms with E-state index >= 15 is 0 Å². The van der Waals surface area contributed by atoms with Crippen LogP contribution >= 0.6 is 23.2 Å². The molecule has 5 rings (SSSR count). The van der Waals surface area contributed by atoms with Gasteiger partial charge >= 0.3 is 6.03 Å². The van der Waals surface area contributed by atoms with Crippen LogP contribution in [-0.2, 0) is 13.0 Å². The van der Waals surface area contributed by atoms with E-state index in [9.17, 15) is 4.79 Å². The molecule has 1 N–H and O–H groups in total. The van der Waals surface area contributed by atoms with Crippen molar-refractivity contribution in [2.75, 3.05) is 11.9 Å². The number of rotatable bonds is 3. The third-order valence-corrected chi connectivity index (χ3v) is 6.10. The van der Waals surface area contributed by atoms with Crippen molar-refractivity contribution in [3.05, 3.63) is 100 Å². The first-order valence-corrected chi connectivity index (χ1v) is 11.3. The Kier molecular flexibility index (Phi) is 5.99. The number of amides is 2. The van der Waals surface area contributed by atoms with Gasteiger partial charge in [0.2, 0.25) is 0 Å². The molecule has 4 aromatic rings. The van der Waals surface area contributed by atoms with E-state index in [1.165, 1.54) is 0 Å². The normalized spacial score (nSPS) is 12.8. The SMILES string of the molecule is O=C(Nc1ccc(Cl)cc1)N1CCc2nc(-c3ccc(Cl)cc3)nc(-c3ccccc3)c2C1. The molecule has 1 aliphatic rings. The Hall–Kier alpha value is -3.41. The first-order chi connectivity index (χ1) is 16.1. The summed E-state index contributed by atoms with van der Waals surface area (Å²) in [6, 6.07) is 24.4. The van der Waals surface area contributed by atoms with Crippen molar-refractivity contribution < 1.29 is 4.79 Å². The third-order valence-electron chi connectivity index (χ3n) is 5.59. The monoisotopic (exact) mass is 474 g/mol. The zero-order valence-electron chi connectivity index (χ0n) is 17.6. The Morgan fingerprint density at radius 3 is 2.18 bits per heavy atom. The van der Waals surface area contributed by atoms with Crippen LogP contribution < -0.4 is 5.32 Å². The first-order valence-electron chi connectivity index (χ1n) is 10.6. The Labute approximate surface area is 202 Å². The van der Waals surface area contributed by atoms with Crippen LogP contribution in [0.2, 0.25) is 10.0 Å². The second kappa shape index (κ2) is 9.22.